The Balaban J connectivity index is 1.71. The van der Waals surface area contributed by atoms with Gasteiger partial charge in [0.1, 0.15) is 5.75 Å². The molecule has 0 heterocycles. The zero-order valence-corrected chi connectivity index (χ0v) is 17.4. The lowest BCUT2D eigenvalue weighted by Crippen LogP contribution is -2.14. The van der Waals surface area contributed by atoms with Crippen LogP contribution in [0.5, 0.6) is 5.75 Å². The molecule has 0 aliphatic rings. The van der Waals surface area contributed by atoms with Crippen molar-refractivity contribution in [1.29, 1.82) is 0 Å². The van der Waals surface area contributed by atoms with Gasteiger partial charge in [-0.15, -0.1) is 0 Å². The largest absolute Gasteiger partial charge is 0.494 e. The van der Waals surface area contributed by atoms with Crippen molar-refractivity contribution in [3.8, 4) is 5.75 Å². The summed E-state index contributed by atoms with van der Waals surface area (Å²) in [4.78, 5) is 24.9. The number of halogens is 3. The molecule has 0 saturated carbocycles. The van der Waals surface area contributed by atoms with Crippen LogP contribution in [0.3, 0.4) is 0 Å². The number of hydrogen-bond donors (Lipinski definition) is 2. The van der Waals surface area contributed by atoms with Gasteiger partial charge in [-0.05, 0) is 54.6 Å². The Kier molecular flexibility index (Phi) is 6.64. The van der Waals surface area contributed by atoms with Crippen LogP contribution in [0.4, 0.5) is 11.4 Å². The minimum atomic E-state index is -0.429. The first-order valence-electron chi connectivity index (χ1n) is 8.39. The van der Waals surface area contributed by atoms with Gasteiger partial charge in [-0.2, -0.15) is 0 Å². The topological polar surface area (TPSA) is 67.4 Å². The highest BCUT2D eigenvalue weighted by atomic mass is 35.5. The molecule has 0 spiro atoms. The third kappa shape index (κ3) is 5.21. The summed E-state index contributed by atoms with van der Waals surface area (Å²) in [7, 11) is 1.42. The number of carbonyl (C=O) groups is 2. The van der Waals surface area contributed by atoms with Crippen LogP contribution >= 0.6 is 34.8 Å². The lowest BCUT2D eigenvalue weighted by Gasteiger charge is -2.12. The van der Waals surface area contributed by atoms with Gasteiger partial charge < -0.3 is 15.4 Å². The van der Waals surface area contributed by atoms with Gasteiger partial charge in [0.25, 0.3) is 11.8 Å². The fourth-order valence-electron chi connectivity index (χ4n) is 2.60. The molecule has 3 aromatic carbocycles. The van der Waals surface area contributed by atoms with Gasteiger partial charge in [0.05, 0.1) is 17.7 Å². The van der Waals surface area contributed by atoms with Crippen molar-refractivity contribution < 1.29 is 14.3 Å². The van der Waals surface area contributed by atoms with Crippen LogP contribution in [0.15, 0.2) is 60.7 Å². The highest BCUT2D eigenvalue weighted by Gasteiger charge is 2.17. The summed E-state index contributed by atoms with van der Waals surface area (Å²) in [6.45, 7) is 0. The molecule has 0 atom stereocenters. The van der Waals surface area contributed by atoms with Crippen LogP contribution < -0.4 is 15.4 Å². The summed E-state index contributed by atoms with van der Waals surface area (Å²) >= 11 is 18.0. The van der Waals surface area contributed by atoms with Crippen molar-refractivity contribution in [2.75, 3.05) is 17.7 Å². The van der Waals surface area contributed by atoms with E-state index >= 15 is 0 Å². The molecule has 2 N–H and O–H groups in total. The summed E-state index contributed by atoms with van der Waals surface area (Å²) in [5.74, 6) is -0.483. The Hall–Kier alpha value is -2.73. The van der Waals surface area contributed by atoms with Gasteiger partial charge in [-0.1, -0.05) is 40.9 Å². The van der Waals surface area contributed by atoms with Crippen molar-refractivity contribution in [2.45, 2.75) is 0 Å². The van der Waals surface area contributed by atoms with Crippen LogP contribution in [0.2, 0.25) is 15.1 Å². The summed E-state index contributed by atoms with van der Waals surface area (Å²) in [5, 5.41) is 6.54. The molecule has 3 rings (SSSR count). The van der Waals surface area contributed by atoms with Crippen LogP contribution in [0.1, 0.15) is 20.7 Å². The second kappa shape index (κ2) is 9.18. The van der Waals surface area contributed by atoms with Crippen molar-refractivity contribution in [3.63, 3.8) is 0 Å². The van der Waals surface area contributed by atoms with E-state index in [-0.39, 0.29) is 22.2 Å². The van der Waals surface area contributed by atoms with Gasteiger partial charge in [-0.3, -0.25) is 9.59 Å². The molecule has 0 aromatic heterocycles. The predicted octanol–water partition coefficient (Wildman–Crippen LogP) is 6.16. The van der Waals surface area contributed by atoms with Crippen molar-refractivity contribution >= 4 is 58.0 Å². The number of nitrogens with one attached hydrogen (secondary N) is 2. The fourth-order valence-corrected chi connectivity index (χ4v) is 3.37. The zero-order chi connectivity index (χ0) is 21.0. The van der Waals surface area contributed by atoms with Crippen molar-refractivity contribution in [3.05, 3.63) is 86.9 Å². The number of hydrogen-bond acceptors (Lipinski definition) is 3. The molecule has 0 aliphatic carbocycles. The van der Waals surface area contributed by atoms with Gasteiger partial charge >= 0.3 is 0 Å². The summed E-state index contributed by atoms with van der Waals surface area (Å²) in [5.41, 5.74) is 1.74. The number of anilines is 2. The number of ether oxygens (including phenoxy) is 1. The lowest BCUT2D eigenvalue weighted by molar-refractivity contribution is 0.101. The van der Waals surface area contributed by atoms with Gasteiger partial charge in [0.15, 0.2) is 0 Å². The summed E-state index contributed by atoms with van der Waals surface area (Å²) in [6, 6.07) is 16.3. The third-order valence-electron chi connectivity index (χ3n) is 3.94. The first-order valence-corrected chi connectivity index (χ1v) is 9.52. The van der Waals surface area contributed by atoms with E-state index in [9.17, 15) is 9.59 Å². The monoisotopic (exact) mass is 448 g/mol. The zero-order valence-electron chi connectivity index (χ0n) is 15.1. The predicted molar refractivity (Wildman–Crippen MR) is 117 cm³/mol. The van der Waals surface area contributed by atoms with E-state index in [1.807, 2.05) is 0 Å². The van der Waals surface area contributed by atoms with E-state index in [1.165, 1.54) is 19.2 Å². The molecule has 0 fully saturated rings. The highest BCUT2D eigenvalue weighted by Crippen LogP contribution is 2.32. The maximum atomic E-state index is 12.6. The molecule has 0 radical (unpaired) electrons. The molecule has 5 nitrogen and oxygen atoms in total. The first kappa shape index (κ1) is 21.0. The number of amides is 2. The van der Waals surface area contributed by atoms with E-state index in [2.05, 4.69) is 10.6 Å². The molecule has 29 heavy (non-hydrogen) atoms. The average Bonchev–Trinajstić information content (AvgIpc) is 2.69. The molecule has 8 heteroatoms. The van der Waals surface area contributed by atoms with Gasteiger partial charge in [-0.25, -0.2) is 0 Å². The normalized spacial score (nSPS) is 10.3. The molecule has 3 aromatic rings. The molecule has 2 amide bonds. The van der Waals surface area contributed by atoms with Crippen LogP contribution in [0.25, 0.3) is 0 Å². The summed E-state index contributed by atoms with van der Waals surface area (Å²) in [6.07, 6.45) is 0. The Labute approximate surface area is 182 Å². The highest BCUT2D eigenvalue weighted by molar-refractivity contribution is 6.36. The smallest absolute Gasteiger partial charge is 0.259 e. The van der Waals surface area contributed by atoms with Gasteiger partial charge in [0, 0.05) is 27.0 Å². The number of methoxy groups -OCH3 is 1. The maximum Gasteiger partial charge on any atom is 0.259 e. The summed E-state index contributed by atoms with van der Waals surface area (Å²) < 4.78 is 5.19. The Morgan fingerprint density at radius 1 is 0.793 bits per heavy atom. The van der Waals surface area contributed by atoms with Gasteiger partial charge in [0.2, 0.25) is 0 Å². The number of carbonyl (C=O) groups excluding carboxylic acids is 2. The lowest BCUT2D eigenvalue weighted by atomic mass is 10.1. The third-order valence-corrected chi connectivity index (χ3v) is 4.68. The van der Waals surface area contributed by atoms with Crippen LogP contribution in [-0.4, -0.2) is 18.9 Å². The average molecular weight is 450 g/mol. The number of rotatable bonds is 5. The van der Waals surface area contributed by atoms with E-state index < -0.39 is 5.91 Å². The standard InChI is InChI=1S/C21H15Cl3N2O3/c1-29-19-17(10-14(23)11-18(19)24)21(28)26-16-7-5-15(6-8-16)25-20(27)12-3-2-4-13(22)9-12/h2-11H,1H3,(H,25,27)(H,26,28). The van der Waals surface area contributed by atoms with E-state index in [4.69, 9.17) is 39.5 Å². The minimum absolute atomic E-state index is 0.211. The van der Waals surface area contributed by atoms with Crippen LogP contribution in [0, 0.1) is 0 Å². The minimum Gasteiger partial charge on any atom is -0.494 e. The van der Waals surface area contributed by atoms with E-state index in [1.54, 1.807) is 48.5 Å². The molecule has 0 aliphatic heterocycles. The fraction of sp³-hybridized carbons (Fsp3) is 0.0476. The second-order valence-corrected chi connectivity index (χ2v) is 7.24. The van der Waals surface area contributed by atoms with Crippen molar-refractivity contribution in [1.82, 2.24) is 0 Å². The Bertz CT molecular complexity index is 1070. The van der Waals surface area contributed by atoms with E-state index in [0.29, 0.717) is 27.0 Å². The molecule has 0 bridgehead atoms. The second-order valence-electron chi connectivity index (χ2n) is 5.96. The first-order chi connectivity index (χ1) is 13.9. The SMILES string of the molecule is COc1c(Cl)cc(Cl)cc1C(=O)Nc1ccc(NC(=O)c2cccc(Cl)c2)cc1. The Morgan fingerprint density at radius 2 is 1.41 bits per heavy atom. The number of benzene rings is 3. The maximum absolute atomic E-state index is 12.6. The Morgan fingerprint density at radius 3 is 2.00 bits per heavy atom. The molecule has 148 valence electrons. The molecule has 0 saturated heterocycles. The van der Waals surface area contributed by atoms with Crippen molar-refractivity contribution in [2.24, 2.45) is 0 Å². The molecule has 0 unspecified atom stereocenters. The quantitative estimate of drug-likeness (QED) is 0.490. The molecular formula is C21H15Cl3N2O3. The van der Waals surface area contributed by atoms with Crippen LogP contribution in [-0.2, 0) is 0 Å². The molecular weight excluding hydrogens is 435 g/mol. The van der Waals surface area contributed by atoms with E-state index in [0.717, 1.165) is 0 Å².